The quantitative estimate of drug-likeness (QED) is 0.804. The van der Waals surface area contributed by atoms with E-state index in [2.05, 4.69) is 0 Å². The van der Waals surface area contributed by atoms with Crippen molar-refractivity contribution in [1.82, 2.24) is 4.90 Å². The van der Waals surface area contributed by atoms with Crippen molar-refractivity contribution in [1.29, 1.82) is 5.26 Å². The van der Waals surface area contributed by atoms with E-state index >= 15 is 0 Å². The summed E-state index contributed by atoms with van der Waals surface area (Å²) in [5.74, 6) is -2.27. The third-order valence-corrected chi connectivity index (χ3v) is 3.56. The first-order chi connectivity index (χ1) is 9.90. The Hall–Kier alpha value is -1.81. The number of halogens is 4. The fourth-order valence-electron chi connectivity index (χ4n) is 2.32. The van der Waals surface area contributed by atoms with Crippen molar-refractivity contribution >= 4 is 5.69 Å². The van der Waals surface area contributed by atoms with Crippen molar-refractivity contribution in [3.05, 3.63) is 30.1 Å². The summed E-state index contributed by atoms with van der Waals surface area (Å²) in [6.07, 6.45) is -4.48. The molecule has 1 heterocycles. The van der Waals surface area contributed by atoms with Gasteiger partial charge in [0.1, 0.15) is 5.82 Å². The molecule has 21 heavy (non-hydrogen) atoms. The molecule has 1 aromatic carbocycles. The molecule has 0 aliphatic carbocycles. The maximum Gasteiger partial charge on any atom is 0.405 e. The monoisotopic (exact) mass is 301 g/mol. The lowest BCUT2D eigenvalue weighted by Crippen LogP contribution is -2.49. The molecule has 0 bridgehead atoms. The number of rotatable bonds is 3. The average Bonchev–Trinajstić information content (AvgIpc) is 2.45. The summed E-state index contributed by atoms with van der Waals surface area (Å²) in [5, 5.41) is 8.61. The van der Waals surface area contributed by atoms with E-state index < -0.39 is 12.1 Å². The molecule has 0 aromatic heterocycles. The molecule has 3 nitrogen and oxygen atoms in total. The molecule has 1 saturated heterocycles. The standard InChI is InChI=1S/C14H15F4N3/c15-12-1-3-13(4-2-12)21-7-5-20(6-8-21)10-11(9-19)14(16,17)18/h1-4,11H,5-8,10H2. The van der Waals surface area contributed by atoms with Crippen LogP contribution in [0.4, 0.5) is 23.2 Å². The van der Waals surface area contributed by atoms with Gasteiger partial charge in [-0.05, 0) is 24.3 Å². The van der Waals surface area contributed by atoms with Crippen molar-refractivity contribution in [3.63, 3.8) is 0 Å². The smallest absolute Gasteiger partial charge is 0.369 e. The number of hydrogen-bond donors (Lipinski definition) is 0. The van der Waals surface area contributed by atoms with Crippen LogP contribution in [-0.2, 0) is 0 Å². The summed E-state index contributed by atoms with van der Waals surface area (Å²) in [7, 11) is 0. The second-order valence-corrected chi connectivity index (χ2v) is 4.99. The molecule has 1 aromatic rings. The third-order valence-electron chi connectivity index (χ3n) is 3.56. The molecule has 1 fully saturated rings. The molecule has 0 spiro atoms. The van der Waals surface area contributed by atoms with Crippen molar-refractivity contribution < 1.29 is 17.6 Å². The van der Waals surface area contributed by atoms with E-state index in [9.17, 15) is 17.6 Å². The van der Waals surface area contributed by atoms with Crippen LogP contribution in [0.5, 0.6) is 0 Å². The van der Waals surface area contributed by atoms with Gasteiger partial charge < -0.3 is 4.90 Å². The number of nitriles is 1. The van der Waals surface area contributed by atoms with Crippen LogP contribution in [0.1, 0.15) is 0 Å². The Kier molecular flexibility index (Phi) is 4.68. The fraction of sp³-hybridized carbons (Fsp3) is 0.500. The van der Waals surface area contributed by atoms with Gasteiger partial charge in [0, 0.05) is 38.4 Å². The molecular formula is C14H15F4N3. The minimum Gasteiger partial charge on any atom is -0.369 e. The van der Waals surface area contributed by atoms with Gasteiger partial charge in [-0.15, -0.1) is 0 Å². The first-order valence-corrected chi connectivity index (χ1v) is 6.59. The largest absolute Gasteiger partial charge is 0.405 e. The molecule has 2 rings (SSSR count). The van der Waals surface area contributed by atoms with Crippen molar-refractivity contribution in [2.75, 3.05) is 37.6 Å². The zero-order chi connectivity index (χ0) is 15.5. The van der Waals surface area contributed by atoms with E-state index in [1.165, 1.54) is 18.2 Å². The molecule has 1 atom stereocenters. The highest BCUT2D eigenvalue weighted by atomic mass is 19.4. The van der Waals surface area contributed by atoms with Gasteiger partial charge in [-0.3, -0.25) is 4.90 Å². The number of nitrogens with zero attached hydrogens (tertiary/aromatic N) is 3. The Morgan fingerprint density at radius 1 is 1.10 bits per heavy atom. The Morgan fingerprint density at radius 2 is 1.67 bits per heavy atom. The van der Waals surface area contributed by atoms with Crippen LogP contribution in [0.15, 0.2) is 24.3 Å². The van der Waals surface area contributed by atoms with E-state index in [-0.39, 0.29) is 12.4 Å². The molecule has 114 valence electrons. The summed E-state index contributed by atoms with van der Waals surface area (Å²) >= 11 is 0. The second kappa shape index (κ2) is 6.31. The SMILES string of the molecule is N#CC(CN1CCN(c2ccc(F)cc2)CC1)C(F)(F)F. The highest BCUT2D eigenvalue weighted by Crippen LogP contribution is 2.27. The van der Waals surface area contributed by atoms with Gasteiger partial charge in [0.25, 0.3) is 0 Å². The maximum absolute atomic E-state index is 12.8. The zero-order valence-electron chi connectivity index (χ0n) is 11.3. The van der Waals surface area contributed by atoms with Crippen LogP contribution in [0.2, 0.25) is 0 Å². The van der Waals surface area contributed by atoms with E-state index in [0.29, 0.717) is 26.2 Å². The van der Waals surface area contributed by atoms with Crippen molar-refractivity contribution in [2.45, 2.75) is 6.18 Å². The number of hydrogen-bond acceptors (Lipinski definition) is 3. The number of anilines is 1. The normalized spacial score (nSPS) is 18.3. The first kappa shape index (κ1) is 15.6. The van der Waals surface area contributed by atoms with E-state index in [0.717, 1.165) is 5.69 Å². The van der Waals surface area contributed by atoms with Gasteiger partial charge in [-0.25, -0.2) is 4.39 Å². The fourth-order valence-corrected chi connectivity index (χ4v) is 2.32. The lowest BCUT2D eigenvalue weighted by Gasteiger charge is -2.37. The van der Waals surface area contributed by atoms with E-state index in [1.807, 2.05) is 4.90 Å². The number of benzene rings is 1. The van der Waals surface area contributed by atoms with Crippen LogP contribution in [0.3, 0.4) is 0 Å². The van der Waals surface area contributed by atoms with Gasteiger partial charge in [-0.2, -0.15) is 18.4 Å². The van der Waals surface area contributed by atoms with Gasteiger partial charge in [0.2, 0.25) is 0 Å². The molecule has 1 aliphatic heterocycles. The predicted molar refractivity (Wildman–Crippen MR) is 70.2 cm³/mol. The van der Waals surface area contributed by atoms with Crippen molar-refractivity contribution in [2.24, 2.45) is 5.92 Å². The first-order valence-electron chi connectivity index (χ1n) is 6.59. The zero-order valence-corrected chi connectivity index (χ0v) is 11.3. The van der Waals surface area contributed by atoms with Gasteiger partial charge in [0.05, 0.1) is 6.07 Å². The van der Waals surface area contributed by atoms with Crippen LogP contribution in [0, 0.1) is 23.1 Å². The van der Waals surface area contributed by atoms with Crippen LogP contribution in [-0.4, -0.2) is 43.8 Å². The lowest BCUT2D eigenvalue weighted by atomic mass is 10.1. The second-order valence-electron chi connectivity index (χ2n) is 4.99. The minimum atomic E-state index is -4.48. The van der Waals surface area contributed by atoms with Gasteiger partial charge in [0.15, 0.2) is 5.92 Å². The topological polar surface area (TPSA) is 30.3 Å². The molecule has 7 heteroatoms. The molecule has 0 saturated carbocycles. The van der Waals surface area contributed by atoms with Crippen LogP contribution < -0.4 is 4.90 Å². The number of piperazine rings is 1. The minimum absolute atomic E-state index is 0.294. The Bertz CT molecular complexity index is 498. The Morgan fingerprint density at radius 3 is 2.14 bits per heavy atom. The van der Waals surface area contributed by atoms with E-state index in [1.54, 1.807) is 17.0 Å². The Labute approximate surface area is 120 Å². The lowest BCUT2D eigenvalue weighted by molar-refractivity contribution is -0.163. The third kappa shape index (κ3) is 4.08. The highest BCUT2D eigenvalue weighted by molar-refractivity contribution is 5.46. The number of alkyl halides is 3. The van der Waals surface area contributed by atoms with Crippen molar-refractivity contribution in [3.8, 4) is 6.07 Å². The molecule has 0 radical (unpaired) electrons. The highest BCUT2D eigenvalue weighted by Gasteiger charge is 2.41. The summed E-state index contributed by atoms with van der Waals surface area (Å²) in [5.41, 5.74) is 0.851. The average molecular weight is 301 g/mol. The predicted octanol–water partition coefficient (Wildman–Crippen LogP) is 2.65. The summed E-state index contributed by atoms with van der Waals surface area (Å²) in [6, 6.07) is 7.34. The summed E-state index contributed by atoms with van der Waals surface area (Å²) < 4.78 is 50.5. The summed E-state index contributed by atoms with van der Waals surface area (Å²) in [4.78, 5) is 3.63. The summed E-state index contributed by atoms with van der Waals surface area (Å²) in [6.45, 7) is 1.72. The molecule has 1 aliphatic rings. The van der Waals surface area contributed by atoms with Gasteiger partial charge >= 0.3 is 6.18 Å². The maximum atomic E-state index is 12.8. The Balaban J connectivity index is 1.89. The molecular weight excluding hydrogens is 286 g/mol. The molecule has 0 amide bonds. The molecule has 1 unspecified atom stereocenters. The van der Waals surface area contributed by atoms with Crippen LogP contribution >= 0.6 is 0 Å². The van der Waals surface area contributed by atoms with Crippen LogP contribution in [0.25, 0.3) is 0 Å². The molecule has 0 N–H and O–H groups in total. The van der Waals surface area contributed by atoms with Gasteiger partial charge in [-0.1, -0.05) is 0 Å². The van der Waals surface area contributed by atoms with E-state index in [4.69, 9.17) is 5.26 Å².